The first-order valence-electron chi connectivity index (χ1n) is 3.48. The first kappa shape index (κ1) is 11.0. The number of aldehydes is 1. The van der Waals surface area contributed by atoms with Crippen LogP contribution >= 0.6 is 15.9 Å². The molecular formula is C8H5BrF3NO. The highest BCUT2D eigenvalue weighted by atomic mass is 79.9. The van der Waals surface area contributed by atoms with Gasteiger partial charge in [0.25, 0.3) is 0 Å². The fourth-order valence-corrected chi connectivity index (χ4v) is 1.41. The summed E-state index contributed by atoms with van der Waals surface area (Å²) in [6.45, 7) is 0. The van der Waals surface area contributed by atoms with Crippen LogP contribution in [0.2, 0.25) is 0 Å². The lowest BCUT2D eigenvalue weighted by atomic mass is 10.1. The molecule has 0 unspecified atom stereocenters. The van der Waals surface area contributed by atoms with Crippen molar-refractivity contribution in [1.29, 1.82) is 0 Å². The van der Waals surface area contributed by atoms with Crippen LogP contribution in [-0.4, -0.2) is 6.29 Å². The molecule has 0 saturated carbocycles. The van der Waals surface area contributed by atoms with E-state index in [4.69, 9.17) is 5.73 Å². The molecule has 14 heavy (non-hydrogen) atoms. The van der Waals surface area contributed by atoms with Crippen LogP contribution in [0.25, 0.3) is 0 Å². The number of benzene rings is 1. The van der Waals surface area contributed by atoms with Gasteiger partial charge >= 0.3 is 6.18 Å². The summed E-state index contributed by atoms with van der Waals surface area (Å²) in [7, 11) is 0. The second-order valence-corrected chi connectivity index (χ2v) is 3.34. The molecule has 0 heterocycles. The summed E-state index contributed by atoms with van der Waals surface area (Å²) in [5.74, 6) is 0. The molecule has 6 heteroatoms. The highest BCUT2D eigenvalue weighted by molar-refractivity contribution is 9.10. The molecule has 0 spiro atoms. The van der Waals surface area contributed by atoms with Crippen molar-refractivity contribution in [2.45, 2.75) is 6.18 Å². The number of anilines is 1. The molecule has 0 aliphatic carbocycles. The zero-order valence-electron chi connectivity index (χ0n) is 6.73. The van der Waals surface area contributed by atoms with Crippen LogP contribution in [0, 0.1) is 0 Å². The van der Waals surface area contributed by atoms with E-state index >= 15 is 0 Å². The van der Waals surface area contributed by atoms with E-state index in [-0.39, 0.29) is 16.4 Å². The summed E-state index contributed by atoms with van der Waals surface area (Å²) in [6.07, 6.45) is -4.42. The lowest BCUT2D eigenvalue weighted by molar-refractivity contribution is -0.137. The average Bonchev–Trinajstić information content (AvgIpc) is 2.07. The van der Waals surface area contributed by atoms with Gasteiger partial charge in [0.15, 0.2) is 6.29 Å². The van der Waals surface area contributed by atoms with E-state index in [9.17, 15) is 18.0 Å². The first-order chi connectivity index (χ1) is 6.38. The van der Waals surface area contributed by atoms with Gasteiger partial charge < -0.3 is 5.73 Å². The van der Waals surface area contributed by atoms with Gasteiger partial charge in [0, 0.05) is 11.3 Å². The van der Waals surface area contributed by atoms with Crippen LogP contribution in [0.1, 0.15) is 15.9 Å². The molecule has 76 valence electrons. The van der Waals surface area contributed by atoms with Gasteiger partial charge in [0.2, 0.25) is 0 Å². The van der Waals surface area contributed by atoms with E-state index in [1.165, 1.54) is 0 Å². The normalized spacial score (nSPS) is 11.4. The lowest BCUT2D eigenvalue weighted by Gasteiger charge is -2.11. The van der Waals surface area contributed by atoms with Crippen molar-refractivity contribution < 1.29 is 18.0 Å². The van der Waals surface area contributed by atoms with E-state index in [1.54, 1.807) is 0 Å². The molecule has 2 N–H and O–H groups in total. The Labute approximate surface area is 86.0 Å². The minimum atomic E-state index is -4.55. The van der Waals surface area contributed by atoms with Crippen molar-refractivity contribution in [3.63, 3.8) is 0 Å². The van der Waals surface area contributed by atoms with Crippen LogP contribution < -0.4 is 5.73 Å². The predicted octanol–water partition coefficient (Wildman–Crippen LogP) is 2.86. The predicted molar refractivity (Wildman–Crippen MR) is 48.9 cm³/mol. The minimum absolute atomic E-state index is 0.0256. The maximum absolute atomic E-state index is 12.3. The molecule has 0 bridgehead atoms. The highest BCUT2D eigenvalue weighted by Crippen LogP contribution is 2.36. The maximum atomic E-state index is 12.3. The Morgan fingerprint density at radius 1 is 1.36 bits per heavy atom. The zero-order valence-corrected chi connectivity index (χ0v) is 8.32. The van der Waals surface area contributed by atoms with E-state index < -0.39 is 17.3 Å². The number of halogens is 4. The summed E-state index contributed by atoms with van der Waals surface area (Å²) < 4.78 is 37.0. The zero-order chi connectivity index (χ0) is 10.9. The summed E-state index contributed by atoms with van der Waals surface area (Å²) in [4.78, 5) is 10.5. The molecule has 0 aliphatic heterocycles. The van der Waals surface area contributed by atoms with Gasteiger partial charge in [-0.2, -0.15) is 13.2 Å². The molecule has 0 fully saturated rings. The van der Waals surface area contributed by atoms with Crippen LogP contribution in [0.5, 0.6) is 0 Å². The smallest absolute Gasteiger partial charge is 0.398 e. The largest absolute Gasteiger partial charge is 0.417 e. The SMILES string of the molecule is Nc1ccc(C(F)(F)F)c(C=O)c1Br. The van der Waals surface area contributed by atoms with Gasteiger partial charge in [0.1, 0.15) is 0 Å². The number of rotatable bonds is 1. The Morgan fingerprint density at radius 2 is 1.93 bits per heavy atom. The Morgan fingerprint density at radius 3 is 2.36 bits per heavy atom. The third kappa shape index (κ3) is 1.89. The van der Waals surface area contributed by atoms with E-state index in [2.05, 4.69) is 15.9 Å². The Hall–Kier alpha value is -1.04. The summed E-state index contributed by atoms with van der Waals surface area (Å²) in [6, 6.07) is 1.88. The second kappa shape index (κ2) is 3.61. The lowest BCUT2D eigenvalue weighted by Crippen LogP contribution is -2.10. The fraction of sp³-hybridized carbons (Fsp3) is 0.125. The van der Waals surface area contributed by atoms with Crippen LogP contribution in [0.3, 0.4) is 0 Å². The van der Waals surface area contributed by atoms with Crippen molar-refractivity contribution in [3.8, 4) is 0 Å². The molecule has 0 radical (unpaired) electrons. The van der Waals surface area contributed by atoms with Gasteiger partial charge in [-0.05, 0) is 28.1 Å². The van der Waals surface area contributed by atoms with Crippen molar-refractivity contribution in [2.75, 3.05) is 5.73 Å². The summed E-state index contributed by atoms with van der Waals surface area (Å²) >= 11 is 2.83. The van der Waals surface area contributed by atoms with Crippen LogP contribution in [-0.2, 0) is 6.18 Å². The van der Waals surface area contributed by atoms with Crippen molar-refractivity contribution in [2.24, 2.45) is 0 Å². The number of hydrogen-bond acceptors (Lipinski definition) is 2. The molecular weight excluding hydrogens is 263 g/mol. The topological polar surface area (TPSA) is 43.1 Å². The molecule has 0 saturated heterocycles. The molecule has 0 amide bonds. The number of alkyl halides is 3. The maximum Gasteiger partial charge on any atom is 0.417 e. The van der Waals surface area contributed by atoms with E-state index in [1.807, 2.05) is 0 Å². The van der Waals surface area contributed by atoms with Crippen LogP contribution in [0.4, 0.5) is 18.9 Å². The van der Waals surface area contributed by atoms with Gasteiger partial charge in [-0.3, -0.25) is 4.79 Å². The summed E-state index contributed by atoms with van der Waals surface area (Å²) in [5.41, 5.74) is 3.97. The Bertz CT molecular complexity index is 376. The second-order valence-electron chi connectivity index (χ2n) is 2.55. The molecule has 0 atom stereocenters. The molecule has 0 aromatic heterocycles. The number of carbonyl (C=O) groups excluding carboxylic acids is 1. The Kier molecular flexibility index (Phi) is 2.84. The molecule has 1 aromatic carbocycles. The van der Waals surface area contributed by atoms with E-state index in [0.717, 1.165) is 12.1 Å². The first-order valence-corrected chi connectivity index (χ1v) is 4.27. The third-order valence-electron chi connectivity index (χ3n) is 1.63. The van der Waals surface area contributed by atoms with Gasteiger partial charge in [-0.1, -0.05) is 0 Å². The van der Waals surface area contributed by atoms with Gasteiger partial charge in [0.05, 0.1) is 10.0 Å². The Balaban J connectivity index is 3.47. The number of hydrogen-bond donors (Lipinski definition) is 1. The summed E-state index contributed by atoms with van der Waals surface area (Å²) in [5, 5.41) is 0. The molecule has 1 aromatic rings. The standard InChI is InChI=1S/C8H5BrF3NO/c9-7-4(3-14)5(8(10,11)12)1-2-6(7)13/h1-3H,13H2. The van der Waals surface area contributed by atoms with Gasteiger partial charge in [-0.25, -0.2) is 0 Å². The van der Waals surface area contributed by atoms with E-state index in [0.29, 0.717) is 0 Å². The molecule has 0 aliphatic rings. The number of carbonyl (C=O) groups is 1. The average molecular weight is 268 g/mol. The molecule has 1 rings (SSSR count). The quantitative estimate of drug-likeness (QED) is 0.628. The molecule has 2 nitrogen and oxygen atoms in total. The highest BCUT2D eigenvalue weighted by Gasteiger charge is 2.34. The van der Waals surface area contributed by atoms with Crippen molar-refractivity contribution in [1.82, 2.24) is 0 Å². The third-order valence-corrected chi connectivity index (χ3v) is 2.52. The fourth-order valence-electron chi connectivity index (χ4n) is 0.972. The monoisotopic (exact) mass is 267 g/mol. The van der Waals surface area contributed by atoms with Crippen molar-refractivity contribution >= 4 is 27.9 Å². The minimum Gasteiger partial charge on any atom is -0.398 e. The van der Waals surface area contributed by atoms with Gasteiger partial charge in [-0.15, -0.1) is 0 Å². The van der Waals surface area contributed by atoms with Crippen molar-refractivity contribution in [3.05, 3.63) is 27.7 Å². The number of nitrogen functional groups attached to an aromatic ring is 1. The number of nitrogens with two attached hydrogens (primary N) is 1. The van der Waals surface area contributed by atoms with Crippen LogP contribution in [0.15, 0.2) is 16.6 Å².